The van der Waals surface area contributed by atoms with E-state index in [0.717, 1.165) is 17.5 Å². The minimum Gasteiger partial charge on any atom is -0.480 e. The molecule has 3 aliphatic carbocycles. The molecule has 0 bridgehead atoms. The van der Waals surface area contributed by atoms with Crippen molar-refractivity contribution >= 4 is 12.1 Å². The van der Waals surface area contributed by atoms with Crippen LogP contribution in [0.5, 0.6) is 0 Å². The van der Waals surface area contributed by atoms with Gasteiger partial charge in [0.25, 0.3) is 0 Å². The molecule has 0 spiro atoms. The molecule has 0 saturated heterocycles. The fraction of sp³-hybridized carbons (Fsp3) is 0.364. The predicted molar refractivity (Wildman–Crippen MR) is 99.4 cm³/mol. The molecule has 2 saturated carbocycles. The van der Waals surface area contributed by atoms with Gasteiger partial charge in [0.2, 0.25) is 0 Å². The highest BCUT2D eigenvalue weighted by Gasteiger charge is 2.58. The first-order valence-corrected chi connectivity index (χ1v) is 9.44. The zero-order valence-corrected chi connectivity index (χ0v) is 14.9. The Balaban J connectivity index is 1.31. The summed E-state index contributed by atoms with van der Waals surface area (Å²) in [6.07, 6.45) is 1.47. The monoisotopic (exact) mass is 363 g/mol. The molecule has 3 aliphatic rings. The minimum atomic E-state index is -1.16. The third kappa shape index (κ3) is 2.60. The predicted octanol–water partition coefficient (Wildman–Crippen LogP) is 3.78. The molecular weight excluding hydrogens is 342 g/mol. The van der Waals surface area contributed by atoms with E-state index in [0.29, 0.717) is 24.7 Å². The van der Waals surface area contributed by atoms with Crippen molar-refractivity contribution < 1.29 is 19.4 Å². The first-order valence-electron chi connectivity index (χ1n) is 9.44. The molecule has 0 aliphatic heterocycles. The number of carbonyl (C=O) groups excluding carboxylic acids is 1. The second-order valence-electron chi connectivity index (χ2n) is 8.00. The van der Waals surface area contributed by atoms with E-state index in [4.69, 9.17) is 4.74 Å². The van der Waals surface area contributed by atoms with E-state index >= 15 is 0 Å². The molecule has 2 fully saturated rings. The Morgan fingerprint density at radius 2 is 1.56 bits per heavy atom. The van der Waals surface area contributed by atoms with Gasteiger partial charge in [-0.25, -0.2) is 9.59 Å². The summed E-state index contributed by atoms with van der Waals surface area (Å²) in [5.74, 6) is -0.103. The first-order chi connectivity index (χ1) is 13.1. The molecular formula is C22H21NO4. The summed E-state index contributed by atoms with van der Waals surface area (Å²) in [7, 11) is 0. The van der Waals surface area contributed by atoms with Crippen LogP contribution in [0.1, 0.15) is 36.3 Å². The van der Waals surface area contributed by atoms with Gasteiger partial charge in [-0.3, -0.25) is 0 Å². The zero-order valence-electron chi connectivity index (χ0n) is 14.9. The summed E-state index contributed by atoms with van der Waals surface area (Å²) in [5, 5.41) is 12.3. The van der Waals surface area contributed by atoms with Gasteiger partial charge < -0.3 is 15.2 Å². The Labute approximate surface area is 157 Å². The summed E-state index contributed by atoms with van der Waals surface area (Å²) < 4.78 is 5.51. The standard InChI is InChI=1S/C22H21NO4/c24-20(25)22(10-13-9-14(13)11-22)23-21(26)27-12-19-17-7-3-1-5-15(17)16-6-2-4-8-18(16)19/h1-8,13-14,19H,9-12H2,(H,23,26)(H,24,25). The summed E-state index contributed by atoms with van der Waals surface area (Å²) in [6.45, 7) is 0.197. The molecule has 5 heteroatoms. The van der Waals surface area contributed by atoms with Crippen LogP contribution < -0.4 is 5.32 Å². The quantitative estimate of drug-likeness (QED) is 0.867. The van der Waals surface area contributed by atoms with Gasteiger partial charge in [0.15, 0.2) is 0 Å². The highest BCUT2D eigenvalue weighted by molar-refractivity contribution is 5.85. The summed E-state index contributed by atoms with van der Waals surface area (Å²) in [4.78, 5) is 24.2. The van der Waals surface area contributed by atoms with E-state index in [9.17, 15) is 14.7 Å². The molecule has 0 radical (unpaired) electrons. The van der Waals surface area contributed by atoms with Crippen LogP contribution in [0.3, 0.4) is 0 Å². The van der Waals surface area contributed by atoms with Gasteiger partial charge in [-0.1, -0.05) is 48.5 Å². The lowest BCUT2D eigenvalue weighted by atomic mass is 9.93. The number of benzene rings is 2. The molecule has 5 rings (SSSR count). The van der Waals surface area contributed by atoms with Crippen molar-refractivity contribution in [1.29, 1.82) is 0 Å². The molecule has 138 valence electrons. The maximum atomic E-state index is 12.4. The highest BCUT2D eigenvalue weighted by atomic mass is 16.5. The number of carboxylic acid groups (broad SMARTS) is 1. The van der Waals surface area contributed by atoms with Crippen LogP contribution in [0.4, 0.5) is 4.79 Å². The van der Waals surface area contributed by atoms with Crippen LogP contribution in [-0.4, -0.2) is 29.3 Å². The van der Waals surface area contributed by atoms with E-state index < -0.39 is 17.6 Å². The summed E-state index contributed by atoms with van der Waals surface area (Å²) >= 11 is 0. The van der Waals surface area contributed by atoms with Gasteiger partial charge in [-0.15, -0.1) is 0 Å². The summed E-state index contributed by atoms with van der Waals surface area (Å²) in [5.41, 5.74) is 3.46. The molecule has 2 aromatic rings. The maximum absolute atomic E-state index is 12.4. The van der Waals surface area contributed by atoms with Crippen molar-refractivity contribution in [3.63, 3.8) is 0 Å². The number of fused-ring (bicyclic) bond motifs is 4. The molecule has 2 N–H and O–H groups in total. The van der Waals surface area contributed by atoms with Crippen molar-refractivity contribution in [1.82, 2.24) is 5.32 Å². The Hall–Kier alpha value is -2.82. The lowest BCUT2D eigenvalue weighted by Crippen LogP contribution is -2.53. The maximum Gasteiger partial charge on any atom is 0.408 e. The number of ether oxygens (including phenoxy) is 1. The largest absolute Gasteiger partial charge is 0.480 e. The van der Waals surface area contributed by atoms with Crippen molar-refractivity contribution in [3.05, 3.63) is 59.7 Å². The highest BCUT2D eigenvalue weighted by Crippen LogP contribution is 2.56. The molecule has 1 amide bonds. The van der Waals surface area contributed by atoms with Gasteiger partial charge in [0.1, 0.15) is 12.1 Å². The van der Waals surface area contributed by atoms with Gasteiger partial charge in [0.05, 0.1) is 0 Å². The Bertz CT molecular complexity index is 882. The number of rotatable bonds is 4. The van der Waals surface area contributed by atoms with E-state index in [-0.39, 0.29) is 12.5 Å². The second kappa shape index (κ2) is 5.84. The Kier molecular flexibility index (Phi) is 3.54. The second-order valence-corrected chi connectivity index (χ2v) is 8.00. The number of nitrogens with one attached hydrogen (secondary N) is 1. The lowest BCUT2D eigenvalue weighted by molar-refractivity contribution is -0.144. The molecule has 2 atom stereocenters. The fourth-order valence-electron chi connectivity index (χ4n) is 4.95. The fourth-order valence-corrected chi connectivity index (χ4v) is 4.95. The lowest BCUT2D eigenvalue weighted by Gasteiger charge is -2.27. The average Bonchev–Trinajstić information content (AvgIpc) is 3.16. The van der Waals surface area contributed by atoms with E-state index in [1.807, 2.05) is 24.3 Å². The van der Waals surface area contributed by atoms with Gasteiger partial charge in [-0.2, -0.15) is 0 Å². The van der Waals surface area contributed by atoms with Crippen molar-refractivity contribution in [2.45, 2.75) is 30.7 Å². The third-order valence-corrected chi connectivity index (χ3v) is 6.38. The van der Waals surface area contributed by atoms with Crippen LogP contribution in [0.25, 0.3) is 11.1 Å². The number of hydrogen-bond donors (Lipinski definition) is 2. The number of carbonyl (C=O) groups is 2. The van der Waals surface area contributed by atoms with Gasteiger partial charge in [0, 0.05) is 5.92 Å². The Morgan fingerprint density at radius 3 is 2.11 bits per heavy atom. The molecule has 2 unspecified atom stereocenters. The normalized spacial score (nSPS) is 27.4. The summed E-state index contributed by atoms with van der Waals surface area (Å²) in [6, 6.07) is 16.3. The SMILES string of the molecule is O=C(NC1(C(=O)O)CC2CC2C1)OCC1c2ccccc2-c2ccccc21. The smallest absolute Gasteiger partial charge is 0.408 e. The molecule has 5 nitrogen and oxygen atoms in total. The van der Waals surface area contributed by atoms with E-state index in [1.54, 1.807) is 0 Å². The molecule has 2 aromatic carbocycles. The van der Waals surface area contributed by atoms with Crippen LogP contribution in [0.2, 0.25) is 0 Å². The van der Waals surface area contributed by atoms with Gasteiger partial charge in [-0.05, 0) is 53.4 Å². The Morgan fingerprint density at radius 1 is 1.00 bits per heavy atom. The van der Waals surface area contributed by atoms with Crippen LogP contribution >= 0.6 is 0 Å². The topological polar surface area (TPSA) is 75.6 Å². The zero-order chi connectivity index (χ0) is 18.6. The first kappa shape index (κ1) is 16.4. The minimum absolute atomic E-state index is 0.0269. The van der Waals surface area contributed by atoms with Crippen molar-refractivity contribution in [2.75, 3.05) is 6.61 Å². The van der Waals surface area contributed by atoms with Crippen LogP contribution in [-0.2, 0) is 9.53 Å². The van der Waals surface area contributed by atoms with Crippen molar-refractivity contribution in [2.24, 2.45) is 11.8 Å². The van der Waals surface area contributed by atoms with Gasteiger partial charge >= 0.3 is 12.1 Å². The molecule has 0 aromatic heterocycles. The molecule has 27 heavy (non-hydrogen) atoms. The third-order valence-electron chi connectivity index (χ3n) is 6.38. The number of carboxylic acids is 1. The average molecular weight is 363 g/mol. The van der Waals surface area contributed by atoms with Crippen LogP contribution in [0.15, 0.2) is 48.5 Å². The molecule has 0 heterocycles. The number of alkyl carbamates (subject to hydrolysis) is 1. The van der Waals surface area contributed by atoms with E-state index in [1.165, 1.54) is 11.1 Å². The van der Waals surface area contributed by atoms with E-state index in [2.05, 4.69) is 29.6 Å². The van der Waals surface area contributed by atoms with Crippen molar-refractivity contribution in [3.8, 4) is 11.1 Å². The number of hydrogen-bond acceptors (Lipinski definition) is 3. The number of amides is 1. The van der Waals surface area contributed by atoms with Crippen LogP contribution in [0, 0.1) is 11.8 Å². The number of aliphatic carboxylic acids is 1.